The quantitative estimate of drug-likeness (QED) is 0.237. The Labute approximate surface area is 266 Å². The fourth-order valence-corrected chi connectivity index (χ4v) is 6.23. The first-order valence-electron chi connectivity index (χ1n) is 15.0. The third-order valence-corrected chi connectivity index (χ3v) is 8.83. The molecule has 1 aliphatic heterocycles. The number of pyridine rings is 1. The van der Waals surface area contributed by atoms with Crippen LogP contribution >= 0.6 is 11.6 Å². The molecule has 1 amide bonds. The number of nitrogens with zero attached hydrogens (tertiary/aromatic N) is 4. The Morgan fingerprint density at radius 1 is 1.02 bits per heavy atom. The number of ether oxygens (including phenoxy) is 1. The number of benzene rings is 3. The predicted molar refractivity (Wildman–Crippen MR) is 176 cm³/mol. The van der Waals surface area contributed by atoms with Crippen LogP contribution in [-0.2, 0) is 24.4 Å². The number of fused-ring (bicyclic) bond motifs is 1. The van der Waals surface area contributed by atoms with Gasteiger partial charge in [-0.25, -0.2) is 4.98 Å². The number of carbonyl (C=O) groups is 1. The highest BCUT2D eigenvalue weighted by Crippen LogP contribution is 2.39. The lowest BCUT2D eigenvalue weighted by Gasteiger charge is -2.30. The van der Waals surface area contributed by atoms with Crippen molar-refractivity contribution in [3.05, 3.63) is 123 Å². The van der Waals surface area contributed by atoms with Crippen molar-refractivity contribution in [1.29, 1.82) is 0 Å². The highest BCUT2D eigenvalue weighted by molar-refractivity contribution is 6.30. The van der Waals surface area contributed by atoms with Gasteiger partial charge < -0.3 is 24.3 Å². The number of morpholine rings is 1. The average Bonchev–Trinajstić information content (AvgIpc) is 3.50. The average molecular weight is 626 g/mol. The van der Waals surface area contributed by atoms with Gasteiger partial charge in [-0.1, -0.05) is 41.9 Å². The Bertz CT molecular complexity index is 1890. The van der Waals surface area contributed by atoms with Crippen molar-refractivity contribution in [3.8, 4) is 11.1 Å². The molecule has 0 radical (unpaired) electrons. The number of nitrogens with one attached hydrogen (secondary N) is 1. The van der Waals surface area contributed by atoms with E-state index in [9.17, 15) is 14.7 Å². The molecular formula is C35H36ClN5O4. The van der Waals surface area contributed by atoms with Crippen LogP contribution in [0.25, 0.3) is 22.0 Å². The Kier molecular flexibility index (Phi) is 8.87. The molecule has 45 heavy (non-hydrogen) atoms. The number of imidazole rings is 1. The van der Waals surface area contributed by atoms with Crippen LogP contribution in [0.3, 0.4) is 0 Å². The van der Waals surface area contributed by atoms with Crippen LogP contribution in [0.2, 0.25) is 5.02 Å². The summed E-state index contributed by atoms with van der Waals surface area (Å²) in [6, 6.07) is 21.6. The molecule has 3 aromatic carbocycles. The second-order valence-corrected chi connectivity index (χ2v) is 11.9. The second kappa shape index (κ2) is 13.0. The fourth-order valence-electron chi connectivity index (χ4n) is 6.04. The first-order chi connectivity index (χ1) is 21.8. The number of carbonyl (C=O) groups excluding carboxylic acids is 1. The number of aliphatic hydroxyl groups is 1. The minimum atomic E-state index is -1.62. The minimum Gasteiger partial charge on any atom is -0.379 e. The lowest BCUT2D eigenvalue weighted by molar-refractivity contribution is 0.0374. The van der Waals surface area contributed by atoms with Crippen molar-refractivity contribution < 1.29 is 14.6 Å². The molecule has 0 spiro atoms. The highest BCUT2D eigenvalue weighted by atomic mass is 35.5. The first kappa shape index (κ1) is 30.7. The third-order valence-electron chi connectivity index (χ3n) is 8.59. The van der Waals surface area contributed by atoms with Gasteiger partial charge in [0, 0.05) is 55.8 Å². The topological polar surface area (TPSA) is 102 Å². The molecule has 0 saturated carbocycles. The number of aryl methyl sites for hydroxylation is 2. The maximum absolute atomic E-state index is 13.0. The van der Waals surface area contributed by atoms with E-state index in [0.717, 1.165) is 50.2 Å². The zero-order chi connectivity index (χ0) is 31.6. The Morgan fingerprint density at radius 2 is 1.78 bits per heavy atom. The summed E-state index contributed by atoms with van der Waals surface area (Å²) in [6.07, 6.45) is 4.13. The molecule has 1 fully saturated rings. The first-order valence-corrected chi connectivity index (χ1v) is 15.4. The van der Waals surface area contributed by atoms with Crippen LogP contribution in [0.5, 0.6) is 0 Å². The van der Waals surface area contributed by atoms with E-state index in [2.05, 4.69) is 15.2 Å². The molecule has 1 aliphatic rings. The van der Waals surface area contributed by atoms with Gasteiger partial charge in [0.15, 0.2) is 5.60 Å². The summed E-state index contributed by atoms with van der Waals surface area (Å²) >= 11 is 6.32. The number of amides is 1. The van der Waals surface area contributed by atoms with E-state index in [1.54, 1.807) is 65.1 Å². The smallest absolute Gasteiger partial charge is 0.251 e. The van der Waals surface area contributed by atoms with Gasteiger partial charge in [-0.15, -0.1) is 0 Å². The molecule has 1 saturated heterocycles. The van der Waals surface area contributed by atoms with E-state index in [1.165, 1.54) is 0 Å². The second-order valence-electron chi connectivity index (χ2n) is 11.4. The van der Waals surface area contributed by atoms with Gasteiger partial charge in [0.25, 0.3) is 11.5 Å². The molecule has 3 heterocycles. The summed E-state index contributed by atoms with van der Waals surface area (Å²) in [6.45, 7) is 4.85. The van der Waals surface area contributed by atoms with E-state index in [1.807, 2.05) is 43.4 Å². The Balaban J connectivity index is 1.34. The van der Waals surface area contributed by atoms with Gasteiger partial charge in [-0.2, -0.15) is 0 Å². The van der Waals surface area contributed by atoms with Crippen molar-refractivity contribution in [2.24, 2.45) is 14.1 Å². The van der Waals surface area contributed by atoms with Crippen molar-refractivity contribution in [1.82, 2.24) is 24.3 Å². The number of aromatic nitrogens is 3. The molecule has 1 atom stereocenters. The molecule has 6 rings (SSSR count). The van der Waals surface area contributed by atoms with Crippen molar-refractivity contribution >= 4 is 28.4 Å². The predicted octanol–water partition coefficient (Wildman–Crippen LogP) is 4.33. The molecule has 10 heteroatoms. The monoisotopic (exact) mass is 625 g/mol. The Hall–Kier alpha value is -4.28. The number of hydrogen-bond donors (Lipinski definition) is 2. The number of halogens is 1. The summed E-state index contributed by atoms with van der Waals surface area (Å²) in [5.74, 6) is -0.162. The van der Waals surface area contributed by atoms with E-state index < -0.39 is 5.60 Å². The molecule has 5 aromatic rings. The highest BCUT2D eigenvalue weighted by Gasteiger charge is 2.37. The van der Waals surface area contributed by atoms with Gasteiger partial charge in [-0.05, 0) is 71.6 Å². The van der Waals surface area contributed by atoms with Crippen molar-refractivity contribution in [2.45, 2.75) is 12.0 Å². The fraction of sp³-hybridized carbons (Fsp3) is 0.286. The molecule has 0 aliphatic carbocycles. The van der Waals surface area contributed by atoms with Crippen LogP contribution in [-0.4, -0.2) is 69.4 Å². The maximum atomic E-state index is 13.0. The lowest BCUT2D eigenvalue weighted by Crippen LogP contribution is -2.38. The van der Waals surface area contributed by atoms with Gasteiger partial charge in [0.1, 0.15) is 0 Å². The van der Waals surface area contributed by atoms with E-state index in [4.69, 9.17) is 16.3 Å². The molecule has 9 nitrogen and oxygen atoms in total. The van der Waals surface area contributed by atoms with Gasteiger partial charge in [0.05, 0.1) is 36.9 Å². The van der Waals surface area contributed by atoms with Gasteiger partial charge in [0.2, 0.25) is 0 Å². The maximum Gasteiger partial charge on any atom is 0.251 e. The molecule has 2 aromatic heterocycles. The Morgan fingerprint density at radius 3 is 2.49 bits per heavy atom. The molecule has 232 valence electrons. The van der Waals surface area contributed by atoms with E-state index >= 15 is 0 Å². The zero-order valence-corrected chi connectivity index (χ0v) is 26.1. The lowest BCUT2D eigenvalue weighted by atomic mass is 9.82. The van der Waals surface area contributed by atoms with Gasteiger partial charge in [-0.3, -0.25) is 14.5 Å². The summed E-state index contributed by atoms with van der Waals surface area (Å²) in [5, 5.41) is 17.0. The number of hydrogen-bond acceptors (Lipinski definition) is 6. The van der Waals surface area contributed by atoms with Crippen LogP contribution in [0, 0.1) is 0 Å². The summed E-state index contributed by atoms with van der Waals surface area (Å²) < 4.78 is 8.76. The van der Waals surface area contributed by atoms with Crippen LogP contribution < -0.4 is 10.9 Å². The molecular weight excluding hydrogens is 590 g/mol. The number of rotatable bonds is 9. The third kappa shape index (κ3) is 6.17. The van der Waals surface area contributed by atoms with Gasteiger partial charge >= 0.3 is 0 Å². The SMILES string of the molecule is Cn1cncc1C(O)(c1ccc(C(=O)NCCCN2CCOCC2)cc1)c1ccc2c(c1)c(-c1cccc(Cl)c1)cc(=O)n2C. The normalized spacial score (nSPS) is 15.2. The van der Waals surface area contributed by atoms with E-state index in [0.29, 0.717) is 45.0 Å². The zero-order valence-electron chi connectivity index (χ0n) is 25.4. The van der Waals surface area contributed by atoms with Crippen LogP contribution in [0.15, 0.2) is 90.1 Å². The van der Waals surface area contributed by atoms with Crippen LogP contribution in [0.1, 0.15) is 33.6 Å². The van der Waals surface area contributed by atoms with E-state index in [-0.39, 0.29) is 11.5 Å². The molecule has 1 unspecified atom stereocenters. The summed E-state index contributed by atoms with van der Waals surface area (Å²) in [7, 11) is 3.56. The summed E-state index contributed by atoms with van der Waals surface area (Å²) in [4.78, 5) is 32.5. The largest absolute Gasteiger partial charge is 0.379 e. The van der Waals surface area contributed by atoms with Crippen molar-refractivity contribution in [2.75, 3.05) is 39.4 Å². The minimum absolute atomic E-state index is 0.151. The molecule has 2 N–H and O–H groups in total. The van der Waals surface area contributed by atoms with Crippen molar-refractivity contribution in [3.63, 3.8) is 0 Å². The van der Waals surface area contributed by atoms with Crippen LogP contribution in [0.4, 0.5) is 0 Å². The standard InChI is InChI=1S/C35H36ClN5O4/c1-39-23-37-22-32(39)35(44,26-9-7-24(8-10-26)34(43)38-13-4-14-41-15-17-45-18-16-41)27-11-12-31-30(20-27)29(21-33(42)40(31)2)25-5-3-6-28(36)19-25/h3,5-12,19-23,44H,4,13-18H2,1-2H3,(H,38,43). The molecule has 0 bridgehead atoms. The summed E-state index contributed by atoms with van der Waals surface area (Å²) in [5.41, 5.74) is 2.68.